The Kier molecular flexibility index (Phi) is 5.00. The van der Waals surface area contributed by atoms with Crippen LogP contribution in [-0.4, -0.2) is 50.3 Å². The first kappa shape index (κ1) is 17.2. The monoisotopic (exact) mass is 349 g/mol. The van der Waals surface area contributed by atoms with E-state index in [2.05, 4.69) is 68.5 Å². The maximum Gasteiger partial charge on any atom is 0.155 e. The number of rotatable bonds is 5. The van der Waals surface area contributed by atoms with Gasteiger partial charge in [0.05, 0.1) is 18.1 Å². The average Bonchev–Trinajstić information content (AvgIpc) is 3.06. The molecule has 1 fully saturated rings. The molecule has 4 rings (SSSR count). The summed E-state index contributed by atoms with van der Waals surface area (Å²) in [6.45, 7) is 6.67. The number of likely N-dealkylation sites (tertiary alicyclic amines) is 1. The molecule has 0 spiro atoms. The molecule has 1 aromatic carbocycles. The second kappa shape index (κ2) is 7.56. The van der Waals surface area contributed by atoms with Gasteiger partial charge in [0, 0.05) is 38.1 Å². The van der Waals surface area contributed by atoms with Gasteiger partial charge in [-0.1, -0.05) is 37.3 Å². The van der Waals surface area contributed by atoms with Gasteiger partial charge in [-0.25, -0.2) is 4.98 Å². The van der Waals surface area contributed by atoms with Gasteiger partial charge in [0.15, 0.2) is 5.65 Å². The molecular formula is C21H27N5. The Hall–Kier alpha value is -2.24. The quantitative estimate of drug-likeness (QED) is 0.709. The summed E-state index contributed by atoms with van der Waals surface area (Å²) >= 11 is 0. The van der Waals surface area contributed by atoms with Crippen LogP contribution in [0.1, 0.15) is 24.6 Å². The molecule has 5 heteroatoms. The lowest BCUT2D eigenvalue weighted by Crippen LogP contribution is -2.48. The minimum atomic E-state index is 0.606. The van der Waals surface area contributed by atoms with Crippen molar-refractivity contribution in [3.8, 4) is 0 Å². The van der Waals surface area contributed by atoms with E-state index in [1.165, 1.54) is 17.7 Å². The number of benzene rings is 1. The molecule has 0 bridgehead atoms. The zero-order chi connectivity index (χ0) is 17.9. The summed E-state index contributed by atoms with van der Waals surface area (Å²) in [5, 5.41) is 0. The van der Waals surface area contributed by atoms with Crippen molar-refractivity contribution in [1.82, 2.24) is 24.2 Å². The highest BCUT2D eigenvalue weighted by molar-refractivity contribution is 5.36. The molecule has 0 N–H and O–H groups in total. The Morgan fingerprint density at radius 1 is 1.19 bits per heavy atom. The maximum atomic E-state index is 4.46. The standard InChI is InChI=1S/C21H27N5/c1-17-14-25(15-18-6-4-3-5-7-18)10-8-20(17)24(2)16-19-12-23-21-13-22-9-11-26(19)21/h3-7,9,11-13,17,20H,8,10,14-16H2,1-2H3. The topological polar surface area (TPSA) is 36.7 Å². The SMILES string of the molecule is CC1CN(Cc2ccccc2)CCC1N(C)Cc1cnc2cnccn12. The first-order valence-electron chi connectivity index (χ1n) is 9.43. The Labute approximate surface area is 155 Å². The fourth-order valence-electron chi connectivity index (χ4n) is 4.24. The van der Waals surface area contributed by atoms with Gasteiger partial charge in [-0.3, -0.25) is 19.2 Å². The summed E-state index contributed by atoms with van der Waals surface area (Å²) < 4.78 is 2.14. The van der Waals surface area contributed by atoms with Crippen LogP contribution in [-0.2, 0) is 13.1 Å². The van der Waals surface area contributed by atoms with Crippen LogP contribution in [0.25, 0.3) is 5.65 Å². The minimum Gasteiger partial charge on any atom is -0.300 e. The van der Waals surface area contributed by atoms with Crippen molar-refractivity contribution < 1.29 is 0 Å². The first-order valence-corrected chi connectivity index (χ1v) is 9.43. The van der Waals surface area contributed by atoms with Crippen LogP contribution in [0.5, 0.6) is 0 Å². The van der Waals surface area contributed by atoms with E-state index in [9.17, 15) is 0 Å². The van der Waals surface area contributed by atoms with Crippen molar-refractivity contribution in [3.05, 3.63) is 66.4 Å². The summed E-state index contributed by atoms with van der Waals surface area (Å²) in [5.74, 6) is 0.651. The third-order valence-electron chi connectivity index (χ3n) is 5.56. The molecule has 1 aliphatic rings. The zero-order valence-corrected chi connectivity index (χ0v) is 15.6. The van der Waals surface area contributed by atoms with Crippen molar-refractivity contribution in [3.63, 3.8) is 0 Å². The second-order valence-electron chi connectivity index (χ2n) is 7.52. The Morgan fingerprint density at radius 2 is 2.04 bits per heavy atom. The first-order chi connectivity index (χ1) is 12.7. The summed E-state index contributed by atoms with van der Waals surface area (Å²) in [5.41, 5.74) is 3.55. The second-order valence-corrected chi connectivity index (χ2v) is 7.52. The maximum absolute atomic E-state index is 4.46. The van der Waals surface area contributed by atoms with E-state index >= 15 is 0 Å². The summed E-state index contributed by atoms with van der Waals surface area (Å²) in [7, 11) is 2.24. The number of hydrogen-bond donors (Lipinski definition) is 0. The van der Waals surface area contributed by atoms with Crippen LogP contribution >= 0.6 is 0 Å². The molecule has 1 aliphatic heterocycles. The number of imidazole rings is 1. The normalized spacial score (nSPS) is 21.5. The van der Waals surface area contributed by atoms with Crippen LogP contribution < -0.4 is 0 Å². The largest absolute Gasteiger partial charge is 0.300 e. The lowest BCUT2D eigenvalue weighted by atomic mass is 9.92. The van der Waals surface area contributed by atoms with Gasteiger partial charge in [0.1, 0.15) is 0 Å². The van der Waals surface area contributed by atoms with Gasteiger partial charge in [0.25, 0.3) is 0 Å². The molecular weight excluding hydrogens is 322 g/mol. The zero-order valence-electron chi connectivity index (χ0n) is 15.6. The van der Waals surface area contributed by atoms with Crippen LogP contribution in [0.4, 0.5) is 0 Å². The predicted molar refractivity (Wildman–Crippen MR) is 104 cm³/mol. The number of hydrogen-bond acceptors (Lipinski definition) is 4. The van der Waals surface area contributed by atoms with Crippen molar-refractivity contribution in [2.75, 3.05) is 20.1 Å². The van der Waals surface area contributed by atoms with Gasteiger partial charge < -0.3 is 0 Å². The molecule has 3 heterocycles. The molecule has 0 aliphatic carbocycles. The lowest BCUT2D eigenvalue weighted by Gasteiger charge is -2.41. The van der Waals surface area contributed by atoms with E-state index in [1.54, 1.807) is 0 Å². The highest BCUT2D eigenvalue weighted by Gasteiger charge is 2.29. The van der Waals surface area contributed by atoms with E-state index in [-0.39, 0.29) is 0 Å². The number of nitrogens with zero attached hydrogens (tertiary/aromatic N) is 5. The molecule has 0 amide bonds. The Bertz CT molecular complexity index is 844. The summed E-state index contributed by atoms with van der Waals surface area (Å²) in [4.78, 5) is 13.7. The van der Waals surface area contributed by atoms with E-state index in [0.717, 1.165) is 31.8 Å². The Balaban J connectivity index is 1.38. The van der Waals surface area contributed by atoms with Crippen LogP contribution in [0.3, 0.4) is 0 Å². The molecule has 1 saturated heterocycles. The third-order valence-corrected chi connectivity index (χ3v) is 5.56. The molecule has 5 nitrogen and oxygen atoms in total. The predicted octanol–water partition coefficient (Wildman–Crippen LogP) is 3.07. The smallest absolute Gasteiger partial charge is 0.155 e. The van der Waals surface area contributed by atoms with E-state index < -0.39 is 0 Å². The van der Waals surface area contributed by atoms with Crippen LogP contribution in [0, 0.1) is 5.92 Å². The van der Waals surface area contributed by atoms with Crippen molar-refractivity contribution in [1.29, 1.82) is 0 Å². The molecule has 2 aromatic heterocycles. The molecule has 2 atom stereocenters. The Morgan fingerprint density at radius 3 is 2.85 bits per heavy atom. The highest BCUT2D eigenvalue weighted by Crippen LogP contribution is 2.24. The van der Waals surface area contributed by atoms with Gasteiger partial charge in [-0.15, -0.1) is 0 Å². The van der Waals surface area contributed by atoms with Gasteiger partial charge in [-0.2, -0.15) is 0 Å². The van der Waals surface area contributed by atoms with Gasteiger partial charge in [0.2, 0.25) is 0 Å². The molecule has 0 radical (unpaired) electrons. The van der Waals surface area contributed by atoms with Gasteiger partial charge >= 0.3 is 0 Å². The fraction of sp³-hybridized carbons (Fsp3) is 0.429. The highest BCUT2D eigenvalue weighted by atomic mass is 15.2. The summed E-state index contributed by atoms with van der Waals surface area (Å²) in [6, 6.07) is 11.4. The summed E-state index contributed by atoms with van der Waals surface area (Å²) in [6.07, 6.45) is 8.82. The van der Waals surface area contributed by atoms with E-state index in [1.807, 2.05) is 24.8 Å². The molecule has 26 heavy (non-hydrogen) atoms. The van der Waals surface area contributed by atoms with Crippen molar-refractivity contribution >= 4 is 5.65 Å². The van der Waals surface area contributed by atoms with E-state index in [0.29, 0.717) is 12.0 Å². The third kappa shape index (κ3) is 3.64. The molecule has 0 saturated carbocycles. The van der Waals surface area contributed by atoms with Crippen LogP contribution in [0.2, 0.25) is 0 Å². The minimum absolute atomic E-state index is 0.606. The average molecular weight is 349 g/mol. The van der Waals surface area contributed by atoms with Gasteiger partial charge in [-0.05, 0) is 31.5 Å². The van der Waals surface area contributed by atoms with Crippen molar-refractivity contribution in [2.24, 2.45) is 5.92 Å². The number of piperidine rings is 1. The number of aromatic nitrogens is 3. The molecule has 2 unspecified atom stereocenters. The van der Waals surface area contributed by atoms with Crippen LogP contribution in [0.15, 0.2) is 55.1 Å². The fourth-order valence-corrected chi connectivity index (χ4v) is 4.24. The van der Waals surface area contributed by atoms with E-state index in [4.69, 9.17) is 0 Å². The lowest BCUT2D eigenvalue weighted by molar-refractivity contribution is 0.0711. The molecule has 136 valence electrons. The number of fused-ring (bicyclic) bond motifs is 1. The molecule has 3 aromatic rings. The van der Waals surface area contributed by atoms with Crippen molar-refractivity contribution in [2.45, 2.75) is 32.5 Å².